The first kappa shape index (κ1) is 25.9. The van der Waals surface area contributed by atoms with Crippen molar-refractivity contribution in [2.24, 2.45) is 24.4 Å². The number of hydrogen-bond acceptors (Lipinski definition) is 5. The van der Waals surface area contributed by atoms with Crippen molar-refractivity contribution in [1.29, 1.82) is 0 Å². The lowest BCUT2D eigenvalue weighted by molar-refractivity contribution is -0.732. The van der Waals surface area contributed by atoms with Gasteiger partial charge in [0, 0.05) is 34.9 Å². The molecule has 0 aliphatic carbocycles. The number of benzene rings is 2. The van der Waals surface area contributed by atoms with Gasteiger partial charge in [-0.2, -0.15) is 5.10 Å². The number of aromatic nitrogens is 2. The van der Waals surface area contributed by atoms with Crippen LogP contribution in [0.1, 0.15) is 46.6 Å². The lowest BCUT2D eigenvalue weighted by Crippen LogP contribution is -2.33. The highest BCUT2D eigenvalue weighted by molar-refractivity contribution is 9.10. The number of hydrogen-bond donors (Lipinski definition) is 5. The van der Waals surface area contributed by atoms with Gasteiger partial charge in [-0.25, -0.2) is 5.84 Å². The van der Waals surface area contributed by atoms with E-state index >= 15 is 0 Å². The highest BCUT2D eigenvalue weighted by Gasteiger charge is 2.21. The van der Waals surface area contributed by atoms with Crippen molar-refractivity contribution in [3.05, 3.63) is 81.2 Å². The maximum Gasteiger partial charge on any atom is 0.255 e. The third-order valence-electron chi connectivity index (χ3n) is 5.90. The van der Waals surface area contributed by atoms with E-state index in [4.69, 9.17) is 17.3 Å². The number of aryl methyl sites for hydroxylation is 2. The molecule has 1 heterocycles. The van der Waals surface area contributed by atoms with Gasteiger partial charge in [-0.3, -0.25) is 9.80 Å². The maximum absolute atomic E-state index is 13.1. The average Bonchev–Trinajstić information content (AvgIpc) is 3.12. The minimum absolute atomic E-state index is 0.257. The van der Waals surface area contributed by atoms with Gasteiger partial charge in [-0.1, -0.05) is 27.9 Å². The molecule has 1 aromatic heterocycles. The number of amides is 1. The number of carbonyl (C=O) groups excluding carboxylic acids is 1. The van der Waals surface area contributed by atoms with Gasteiger partial charge in [-0.05, 0) is 62.2 Å². The topological polar surface area (TPSA) is 130 Å². The first-order valence-electron chi connectivity index (χ1n) is 10.9. The molecule has 0 atom stereocenters. The Kier molecular flexibility index (Phi) is 7.58. The largest absolute Gasteiger partial charge is 0.397 e. The van der Waals surface area contributed by atoms with Gasteiger partial charge in [-0.15, -0.1) is 4.68 Å². The van der Waals surface area contributed by atoms with Crippen molar-refractivity contribution < 1.29 is 9.48 Å². The van der Waals surface area contributed by atoms with Crippen molar-refractivity contribution >= 4 is 38.9 Å². The van der Waals surface area contributed by atoms with Crippen LogP contribution in [0, 0.1) is 25.8 Å². The first-order valence-corrected chi connectivity index (χ1v) is 11.7. The van der Waals surface area contributed by atoms with Gasteiger partial charge in [0.25, 0.3) is 5.91 Å². The molecule has 0 aliphatic rings. The van der Waals surface area contributed by atoms with Gasteiger partial charge in [0.1, 0.15) is 0 Å². The Bertz CT molecular complexity index is 1360. The summed E-state index contributed by atoms with van der Waals surface area (Å²) in [7, 11) is 1.91. The van der Waals surface area contributed by atoms with E-state index in [-0.39, 0.29) is 5.91 Å². The molecule has 3 aromatic rings. The number of hydrazine groups is 1. The summed E-state index contributed by atoms with van der Waals surface area (Å²) in [6.07, 6.45) is 3.48. The molecule has 3 rings (SSSR count). The van der Waals surface area contributed by atoms with Crippen molar-refractivity contribution in [1.82, 2.24) is 5.10 Å². The molecule has 1 amide bonds. The van der Waals surface area contributed by atoms with E-state index in [0.717, 1.165) is 26.9 Å². The maximum atomic E-state index is 13.1. The fourth-order valence-electron chi connectivity index (χ4n) is 3.63. The summed E-state index contributed by atoms with van der Waals surface area (Å²) in [4.78, 5) is 13.1. The van der Waals surface area contributed by atoms with E-state index in [1.807, 2.05) is 76.0 Å². The van der Waals surface area contributed by atoms with Crippen LogP contribution in [0.2, 0.25) is 0 Å². The van der Waals surface area contributed by atoms with Crippen LogP contribution >= 0.6 is 15.9 Å². The van der Waals surface area contributed by atoms with Crippen LogP contribution in [0.15, 0.2) is 53.3 Å². The molecule has 0 fully saturated rings. The molecule has 9 heteroatoms. The van der Waals surface area contributed by atoms with Crippen molar-refractivity contribution in [3.8, 4) is 12.0 Å². The molecular formula is C26H31BrN7O+. The second-order valence-electron chi connectivity index (χ2n) is 8.90. The fraction of sp³-hybridized carbons (Fsp3) is 0.231. The number of anilines is 2. The van der Waals surface area contributed by atoms with Gasteiger partial charge in [0.05, 0.1) is 28.6 Å². The SMILES string of the molecule is Cc1ccc(NC(=O)c2cc(Br)cc(C(C)(C)C#CN)c2)cc1N(N)C=C(N)c1c[nH][n+](C)c1C. The molecule has 0 aliphatic heterocycles. The molecule has 0 bridgehead atoms. The number of nitrogens with two attached hydrogens (primary N) is 3. The Hall–Kier alpha value is -3.74. The summed E-state index contributed by atoms with van der Waals surface area (Å²) in [6, 6.07) is 13.5. The van der Waals surface area contributed by atoms with E-state index in [0.29, 0.717) is 22.6 Å². The summed E-state index contributed by atoms with van der Waals surface area (Å²) in [5.41, 5.74) is 17.2. The highest BCUT2D eigenvalue weighted by Crippen LogP contribution is 2.28. The molecule has 0 radical (unpaired) electrons. The van der Waals surface area contributed by atoms with Gasteiger partial charge >= 0.3 is 0 Å². The summed E-state index contributed by atoms with van der Waals surface area (Å²) < 4.78 is 2.65. The second kappa shape index (κ2) is 10.3. The number of nitrogens with zero attached hydrogens (tertiary/aromatic N) is 2. The first-order chi connectivity index (χ1) is 16.4. The zero-order valence-corrected chi connectivity index (χ0v) is 22.1. The number of nitrogens with one attached hydrogen (secondary N) is 2. The number of halogens is 1. The Balaban J connectivity index is 1.87. The van der Waals surface area contributed by atoms with Crippen LogP contribution in [0.3, 0.4) is 0 Å². The summed E-state index contributed by atoms with van der Waals surface area (Å²) in [5.74, 6) is 9.06. The minimum atomic E-state index is -0.508. The summed E-state index contributed by atoms with van der Waals surface area (Å²) >= 11 is 3.49. The quantitative estimate of drug-likeness (QED) is 0.108. The average molecular weight is 537 g/mol. The third kappa shape index (κ3) is 5.85. The number of carbonyl (C=O) groups is 1. The normalized spacial score (nSPS) is 11.6. The molecule has 8 N–H and O–H groups in total. The van der Waals surface area contributed by atoms with Crippen molar-refractivity contribution in [2.45, 2.75) is 33.1 Å². The monoisotopic (exact) mass is 536 g/mol. The van der Waals surface area contributed by atoms with Crippen molar-refractivity contribution in [2.75, 3.05) is 10.3 Å². The Morgan fingerprint density at radius 1 is 1.23 bits per heavy atom. The summed E-state index contributed by atoms with van der Waals surface area (Å²) in [6.45, 7) is 7.80. The van der Waals surface area contributed by atoms with Crippen LogP contribution in [0.25, 0.3) is 5.70 Å². The minimum Gasteiger partial charge on any atom is -0.397 e. The van der Waals surface area contributed by atoms with E-state index in [1.165, 1.54) is 5.01 Å². The lowest BCUT2D eigenvalue weighted by Gasteiger charge is -2.20. The Labute approximate surface area is 214 Å². The Morgan fingerprint density at radius 3 is 2.57 bits per heavy atom. The van der Waals surface area contributed by atoms with Crippen LogP contribution in [0.5, 0.6) is 0 Å². The molecule has 2 aromatic carbocycles. The zero-order chi connectivity index (χ0) is 25.9. The number of H-pyrrole nitrogens is 1. The smallest absolute Gasteiger partial charge is 0.255 e. The predicted molar refractivity (Wildman–Crippen MR) is 144 cm³/mol. The lowest BCUT2D eigenvalue weighted by atomic mass is 9.84. The molecule has 0 saturated carbocycles. The van der Waals surface area contributed by atoms with E-state index in [9.17, 15) is 4.79 Å². The molecular weight excluding hydrogens is 506 g/mol. The standard InChI is InChI=1S/C26H30BrN7O/c1-16-6-7-21(13-24(16)34(30)15-23(29)22-14-31-33(5)17(22)2)32-25(35)18-10-19(12-20(27)11-18)26(3,4)8-9-28/h6-7,10-15H,28-30H2,1-5H3,(H,32,35)/p+1. The molecule has 35 heavy (non-hydrogen) atoms. The molecule has 0 spiro atoms. The van der Waals surface area contributed by atoms with E-state index in [1.54, 1.807) is 12.3 Å². The molecule has 182 valence electrons. The van der Waals surface area contributed by atoms with Crippen LogP contribution in [0.4, 0.5) is 11.4 Å². The second-order valence-corrected chi connectivity index (χ2v) is 9.82. The van der Waals surface area contributed by atoms with E-state index < -0.39 is 5.41 Å². The van der Waals surface area contributed by atoms with Gasteiger partial charge in [0.2, 0.25) is 5.69 Å². The molecule has 8 nitrogen and oxygen atoms in total. The number of aromatic amines is 1. The third-order valence-corrected chi connectivity index (χ3v) is 6.35. The van der Waals surface area contributed by atoms with Crippen LogP contribution in [-0.2, 0) is 12.5 Å². The number of rotatable bonds is 6. The van der Waals surface area contributed by atoms with Crippen molar-refractivity contribution in [3.63, 3.8) is 0 Å². The van der Waals surface area contributed by atoms with E-state index in [2.05, 4.69) is 38.3 Å². The molecule has 0 saturated heterocycles. The fourth-order valence-corrected chi connectivity index (χ4v) is 4.12. The summed E-state index contributed by atoms with van der Waals surface area (Å²) in [5, 5.41) is 7.49. The zero-order valence-electron chi connectivity index (χ0n) is 20.5. The van der Waals surface area contributed by atoms with Crippen LogP contribution in [-0.4, -0.2) is 11.0 Å². The van der Waals surface area contributed by atoms with Crippen LogP contribution < -0.4 is 32.3 Å². The van der Waals surface area contributed by atoms with Gasteiger partial charge < -0.3 is 16.8 Å². The predicted octanol–water partition coefficient (Wildman–Crippen LogP) is 3.31. The Morgan fingerprint density at radius 2 is 1.94 bits per heavy atom. The highest BCUT2D eigenvalue weighted by atomic mass is 79.9. The molecule has 0 unspecified atom stereocenters. The van der Waals surface area contributed by atoms with Gasteiger partial charge in [0.15, 0.2) is 7.05 Å².